The molecule has 3 unspecified atom stereocenters. The summed E-state index contributed by atoms with van der Waals surface area (Å²) in [6.07, 6.45) is 6.89. The van der Waals surface area contributed by atoms with Crippen molar-refractivity contribution in [2.75, 3.05) is 5.32 Å². The molecule has 1 N–H and O–H groups in total. The summed E-state index contributed by atoms with van der Waals surface area (Å²) >= 11 is 5.81. The van der Waals surface area contributed by atoms with E-state index in [-0.39, 0.29) is 5.82 Å². The van der Waals surface area contributed by atoms with Crippen LogP contribution in [-0.2, 0) is 0 Å². The van der Waals surface area contributed by atoms with E-state index < -0.39 is 0 Å². The van der Waals surface area contributed by atoms with Gasteiger partial charge in [-0.15, -0.1) is 0 Å². The fourth-order valence-corrected chi connectivity index (χ4v) is 2.96. The Labute approximate surface area is 99.3 Å². The first-order valence-electron chi connectivity index (χ1n) is 5.62. The quantitative estimate of drug-likeness (QED) is 0.771. The molecule has 1 fully saturated rings. The molecular weight excluding hydrogens is 225 g/mol. The van der Waals surface area contributed by atoms with Crippen molar-refractivity contribution in [2.24, 2.45) is 11.8 Å². The molecule has 0 amide bonds. The Kier molecular flexibility index (Phi) is 2.40. The van der Waals surface area contributed by atoms with Crippen LogP contribution in [0.4, 0.5) is 10.1 Å². The Morgan fingerprint density at radius 1 is 1.31 bits per heavy atom. The molecule has 0 radical (unpaired) electrons. The van der Waals surface area contributed by atoms with Gasteiger partial charge in [-0.3, -0.25) is 0 Å². The third kappa shape index (κ3) is 1.71. The van der Waals surface area contributed by atoms with Crippen LogP contribution in [-0.4, -0.2) is 6.04 Å². The molecule has 3 heteroatoms. The van der Waals surface area contributed by atoms with Crippen LogP contribution >= 0.6 is 11.6 Å². The zero-order valence-electron chi connectivity index (χ0n) is 8.79. The van der Waals surface area contributed by atoms with Gasteiger partial charge in [-0.25, -0.2) is 4.39 Å². The van der Waals surface area contributed by atoms with Crippen LogP contribution in [0.2, 0.25) is 5.02 Å². The minimum Gasteiger partial charge on any atom is -0.382 e. The number of nitrogens with one attached hydrogen (secondary N) is 1. The lowest BCUT2D eigenvalue weighted by atomic mass is 9.71. The molecule has 3 atom stereocenters. The second kappa shape index (κ2) is 3.77. The Balaban J connectivity index is 1.72. The van der Waals surface area contributed by atoms with Crippen LogP contribution in [0.1, 0.15) is 12.8 Å². The zero-order chi connectivity index (χ0) is 11.1. The molecular formula is C13H13ClFN. The highest BCUT2D eigenvalue weighted by Crippen LogP contribution is 2.44. The topological polar surface area (TPSA) is 12.0 Å². The van der Waals surface area contributed by atoms with Crippen molar-refractivity contribution < 1.29 is 4.39 Å². The molecule has 84 valence electrons. The van der Waals surface area contributed by atoms with Crippen molar-refractivity contribution in [3.05, 3.63) is 41.2 Å². The van der Waals surface area contributed by atoms with E-state index in [2.05, 4.69) is 17.5 Å². The van der Waals surface area contributed by atoms with E-state index in [1.807, 2.05) is 0 Å². The van der Waals surface area contributed by atoms with Crippen molar-refractivity contribution in [1.29, 1.82) is 0 Å². The average Bonchev–Trinajstić information content (AvgIpc) is 2.55. The first kappa shape index (κ1) is 10.2. The van der Waals surface area contributed by atoms with Gasteiger partial charge >= 0.3 is 0 Å². The highest BCUT2D eigenvalue weighted by atomic mass is 35.5. The van der Waals surface area contributed by atoms with Gasteiger partial charge in [-0.05, 0) is 37.0 Å². The van der Waals surface area contributed by atoms with Crippen molar-refractivity contribution in [1.82, 2.24) is 0 Å². The van der Waals surface area contributed by atoms with Crippen molar-refractivity contribution in [3.63, 3.8) is 0 Å². The summed E-state index contributed by atoms with van der Waals surface area (Å²) in [6.45, 7) is 0. The normalized spacial score (nSPS) is 31.0. The average molecular weight is 238 g/mol. The smallest absolute Gasteiger partial charge is 0.126 e. The van der Waals surface area contributed by atoms with Gasteiger partial charge in [0.1, 0.15) is 5.82 Å². The number of allylic oxidation sites excluding steroid dienone is 1. The van der Waals surface area contributed by atoms with Crippen LogP contribution in [0, 0.1) is 17.7 Å². The maximum Gasteiger partial charge on any atom is 0.126 e. The molecule has 0 spiro atoms. The predicted octanol–water partition coefficient (Wildman–Crippen LogP) is 3.86. The molecule has 0 heterocycles. The van der Waals surface area contributed by atoms with Gasteiger partial charge in [-0.2, -0.15) is 0 Å². The van der Waals surface area contributed by atoms with E-state index in [0.717, 1.165) is 11.6 Å². The molecule has 0 saturated heterocycles. The summed E-state index contributed by atoms with van der Waals surface area (Å²) in [5, 5.41) is 3.80. The minimum absolute atomic E-state index is 0.284. The molecule has 2 aliphatic rings. The highest BCUT2D eigenvalue weighted by Gasteiger charge is 2.40. The summed E-state index contributed by atoms with van der Waals surface area (Å²) in [4.78, 5) is 0. The molecule has 3 rings (SSSR count). The first-order valence-corrected chi connectivity index (χ1v) is 5.99. The van der Waals surface area contributed by atoms with E-state index in [4.69, 9.17) is 11.6 Å². The lowest BCUT2D eigenvalue weighted by Gasteiger charge is -2.41. The number of halogens is 2. The molecule has 16 heavy (non-hydrogen) atoms. The molecule has 1 nitrogen and oxygen atoms in total. The first-order chi connectivity index (χ1) is 7.72. The van der Waals surface area contributed by atoms with Gasteiger partial charge < -0.3 is 5.32 Å². The standard InChI is InChI=1S/C13H13ClFN/c14-9-5-10(15)7-11(6-9)16-13-4-8-2-1-3-12(8)13/h1,3,5-8,12-13,16H,2,4H2. The molecule has 1 aromatic rings. The molecule has 2 aliphatic carbocycles. The summed E-state index contributed by atoms with van der Waals surface area (Å²) < 4.78 is 13.1. The molecule has 1 saturated carbocycles. The highest BCUT2D eigenvalue weighted by molar-refractivity contribution is 6.30. The number of benzene rings is 1. The number of hydrogen-bond donors (Lipinski definition) is 1. The van der Waals surface area contributed by atoms with Crippen molar-refractivity contribution in [2.45, 2.75) is 18.9 Å². The summed E-state index contributed by atoms with van der Waals surface area (Å²) in [7, 11) is 0. The molecule has 0 bridgehead atoms. The third-order valence-corrected chi connectivity index (χ3v) is 3.80. The molecule has 1 aromatic carbocycles. The summed E-state index contributed by atoms with van der Waals surface area (Å²) in [5.74, 6) is 1.15. The predicted molar refractivity (Wildman–Crippen MR) is 64.2 cm³/mol. The molecule has 0 aliphatic heterocycles. The lowest BCUT2D eigenvalue weighted by Crippen LogP contribution is -2.43. The van der Waals surface area contributed by atoms with Gasteiger partial charge in [0.05, 0.1) is 0 Å². The summed E-state index contributed by atoms with van der Waals surface area (Å²) in [5.41, 5.74) is 0.786. The Bertz CT molecular complexity index is 423. The third-order valence-electron chi connectivity index (χ3n) is 3.58. The lowest BCUT2D eigenvalue weighted by molar-refractivity contribution is 0.218. The second-order valence-corrected chi connectivity index (χ2v) is 5.08. The van der Waals surface area contributed by atoms with Crippen molar-refractivity contribution >= 4 is 17.3 Å². The number of hydrogen-bond acceptors (Lipinski definition) is 1. The SMILES string of the molecule is Fc1cc(Cl)cc(NC2CC3CC=CC32)c1. The Morgan fingerprint density at radius 3 is 2.94 bits per heavy atom. The van der Waals surface area contributed by atoms with Gasteiger partial charge in [0.25, 0.3) is 0 Å². The van der Waals surface area contributed by atoms with Crippen LogP contribution in [0.5, 0.6) is 0 Å². The maximum atomic E-state index is 13.1. The van der Waals surface area contributed by atoms with E-state index in [1.165, 1.54) is 25.0 Å². The fourth-order valence-electron chi connectivity index (χ4n) is 2.73. The second-order valence-electron chi connectivity index (χ2n) is 4.65. The minimum atomic E-state index is -0.284. The van der Waals surface area contributed by atoms with E-state index in [0.29, 0.717) is 17.0 Å². The Hall–Kier alpha value is -1.02. The van der Waals surface area contributed by atoms with Gasteiger partial charge in [-0.1, -0.05) is 23.8 Å². The van der Waals surface area contributed by atoms with Crippen LogP contribution in [0.25, 0.3) is 0 Å². The van der Waals surface area contributed by atoms with Crippen LogP contribution < -0.4 is 5.32 Å². The van der Waals surface area contributed by atoms with E-state index >= 15 is 0 Å². The number of fused-ring (bicyclic) bond motifs is 1. The summed E-state index contributed by atoms with van der Waals surface area (Å²) in [6, 6.07) is 5.04. The van der Waals surface area contributed by atoms with Gasteiger partial charge in [0.2, 0.25) is 0 Å². The Morgan fingerprint density at radius 2 is 2.19 bits per heavy atom. The molecule has 0 aromatic heterocycles. The van der Waals surface area contributed by atoms with Gasteiger partial charge in [0.15, 0.2) is 0 Å². The largest absolute Gasteiger partial charge is 0.382 e. The maximum absolute atomic E-state index is 13.1. The van der Waals surface area contributed by atoms with Crippen molar-refractivity contribution in [3.8, 4) is 0 Å². The van der Waals surface area contributed by atoms with Gasteiger partial charge in [0, 0.05) is 22.7 Å². The zero-order valence-corrected chi connectivity index (χ0v) is 9.54. The fraction of sp³-hybridized carbons (Fsp3) is 0.385. The van der Waals surface area contributed by atoms with E-state index in [9.17, 15) is 4.39 Å². The van der Waals surface area contributed by atoms with Crippen LogP contribution in [0.3, 0.4) is 0 Å². The number of anilines is 1. The van der Waals surface area contributed by atoms with E-state index in [1.54, 1.807) is 6.07 Å². The monoisotopic (exact) mass is 237 g/mol. The van der Waals surface area contributed by atoms with Crippen LogP contribution in [0.15, 0.2) is 30.4 Å². The number of rotatable bonds is 2.